The van der Waals surface area contributed by atoms with Gasteiger partial charge in [0.25, 0.3) is 0 Å². The minimum atomic E-state index is -0.134. The molecule has 94 valence electrons. The van der Waals surface area contributed by atoms with Crippen LogP contribution in [0.25, 0.3) is 0 Å². The van der Waals surface area contributed by atoms with Crippen molar-refractivity contribution < 1.29 is 14.6 Å². The molecule has 0 aliphatic heterocycles. The number of aliphatic hydroxyl groups is 1. The predicted octanol–water partition coefficient (Wildman–Crippen LogP) is 1.53. The Labute approximate surface area is 106 Å². The summed E-state index contributed by atoms with van der Waals surface area (Å²) >= 11 is 5.82. The fraction of sp³-hybridized carbons (Fsp3) is 0.417. The summed E-state index contributed by atoms with van der Waals surface area (Å²) in [6.07, 6.45) is 0.266. The first-order chi connectivity index (χ1) is 8.13. The molecular weight excluding hydrogens is 242 g/mol. The minimum absolute atomic E-state index is 0.0527. The van der Waals surface area contributed by atoms with Crippen molar-refractivity contribution in [2.45, 2.75) is 13.3 Å². The van der Waals surface area contributed by atoms with Crippen LogP contribution in [0.15, 0.2) is 18.2 Å². The molecular formula is C12H16ClNO3. The largest absolute Gasteiger partial charge is 0.493 e. The number of benzene rings is 1. The van der Waals surface area contributed by atoms with E-state index in [-0.39, 0.29) is 25.5 Å². The molecule has 0 aromatic heterocycles. The van der Waals surface area contributed by atoms with Gasteiger partial charge in [0.2, 0.25) is 5.91 Å². The standard InChI is InChI=1S/C12H16ClNO3/c1-9-8-10(13)2-3-11(9)17-7-4-12(16)14-5-6-15/h2-3,8,15H,4-7H2,1H3,(H,14,16). The molecule has 1 rings (SSSR count). The van der Waals surface area contributed by atoms with Crippen molar-refractivity contribution in [3.05, 3.63) is 28.8 Å². The number of carbonyl (C=O) groups is 1. The lowest BCUT2D eigenvalue weighted by Gasteiger charge is -2.09. The van der Waals surface area contributed by atoms with Crippen molar-refractivity contribution in [2.75, 3.05) is 19.8 Å². The van der Waals surface area contributed by atoms with Gasteiger partial charge in [-0.25, -0.2) is 0 Å². The molecule has 17 heavy (non-hydrogen) atoms. The second-order valence-corrected chi connectivity index (χ2v) is 4.02. The highest BCUT2D eigenvalue weighted by atomic mass is 35.5. The molecule has 2 N–H and O–H groups in total. The van der Waals surface area contributed by atoms with E-state index < -0.39 is 0 Å². The van der Waals surface area contributed by atoms with E-state index in [2.05, 4.69) is 5.32 Å². The first kappa shape index (κ1) is 13.8. The second kappa shape index (κ2) is 7.14. The third-order valence-electron chi connectivity index (χ3n) is 2.16. The molecule has 0 heterocycles. The lowest BCUT2D eigenvalue weighted by molar-refractivity contribution is -0.121. The number of hydrogen-bond donors (Lipinski definition) is 2. The molecule has 0 aliphatic carbocycles. The Hall–Kier alpha value is -1.26. The molecule has 0 fully saturated rings. The third kappa shape index (κ3) is 5.06. The van der Waals surface area contributed by atoms with E-state index in [4.69, 9.17) is 21.4 Å². The fourth-order valence-corrected chi connectivity index (χ4v) is 1.54. The van der Waals surface area contributed by atoms with Crippen LogP contribution in [0.4, 0.5) is 0 Å². The van der Waals surface area contributed by atoms with E-state index in [1.165, 1.54) is 0 Å². The van der Waals surface area contributed by atoms with Crippen molar-refractivity contribution in [1.29, 1.82) is 0 Å². The highest BCUT2D eigenvalue weighted by molar-refractivity contribution is 6.30. The fourth-order valence-electron chi connectivity index (χ4n) is 1.31. The summed E-state index contributed by atoms with van der Waals surface area (Å²) in [5.74, 6) is 0.593. The number of ether oxygens (including phenoxy) is 1. The number of rotatable bonds is 6. The normalized spacial score (nSPS) is 10.1. The predicted molar refractivity (Wildman–Crippen MR) is 66.4 cm³/mol. The molecule has 1 aromatic carbocycles. The SMILES string of the molecule is Cc1cc(Cl)ccc1OCCC(=O)NCCO. The third-order valence-corrected chi connectivity index (χ3v) is 2.39. The number of aryl methyl sites for hydroxylation is 1. The first-order valence-corrected chi connectivity index (χ1v) is 5.78. The maximum absolute atomic E-state index is 11.2. The summed E-state index contributed by atoms with van der Waals surface area (Å²) in [6.45, 7) is 2.43. The summed E-state index contributed by atoms with van der Waals surface area (Å²) in [4.78, 5) is 11.2. The van der Waals surface area contributed by atoms with E-state index >= 15 is 0 Å². The zero-order chi connectivity index (χ0) is 12.7. The van der Waals surface area contributed by atoms with Crippen LogP contribution < -0.4 is 10.1 Å². The molecule has 0 radical (unpaired) electrons. The van der Waals surface area contributed by atoms with Crippen LogP contribution in [0.5, 0.6) is 5.75 Å². The lowest BCUT2D eigenvalue weighted by Crippen LogP contribution is -2.27. The number of halogens is 1. The monoisotopic (exact) mass is 257 g/mol. The highest BCUT2D eigenvalue weighted by Crippen LogP contribution is 2.21. The van der Waals surface area contributed by atoms with Gasteiger partial charge in [0, 0.05) is 11.6 Å². The van der Waals surface area contributed by atoms with Gasteiger partial charge < -0.3 is 15.2 Å². The van der Waals surface area contributed by atoms with Crippen LogP contribution in [0.3, 0.4) is 0 Å². The van der Waals surface area contributed by atoms with Gasteiger partial charge in [-0.3, -0.25) is 4.79 Å². The Balaban J connectivity index is 2.33. The van der Waals surface area contributed by atoms with Crippen molar-refractivity contribution in [2.24, 2.45) is 0 Å². The van der Waals surface area contributed by atoms with Crippen LogP contribution >= 0.6 is 11.6 Å². The molecule has 0 spiro atoms. The van der Waals surface area contributed by atoms with Gasteiger partial charge in [0.15, 0.2) is 0 Å². The average Bonchev–Trinajstić information content (AvgIpc) is 2.29. The van der Waals surface area contributed by atoms with Gasteiger partial charge in [-0.15, -0.1) is 0 Å². The molecule has 4 nitrogen and oxygen atoms in total. The van der Waals surface area contributed by atoms with Gasteiger partial charge in [-0.1, -0.05) is 11.6 Å². The Morgan fingerprint density at radius 2 is 2.29 bits per heavy atom. The number of aliphatic hydroxyl groups excluding tert-OH is 1. The van der Waals surface area contributed by atoms with E-state index in [0.29, 0.717) is 11.6 Å². The van der Waals surface area contributed by atoms with Crippen molar-refractivity contribution >= 4 is 17.5 Å². The zero-order valence-electron chi connectivity index (χ0n) is 9.70. The minimum Gasteiger partial charge on any atom is -0.493 e. The summed E-state index contributed by atoms with van der Waals surface area (Å²) in [6, 6.07) is 5.34. The van der Waals surface area contributed by atoms with Crippen LogP contribution in [-0.4, -0.2) is 30.8 Å². The number of hydrogen-bond acceptors (Lipinski definition) is 3. The lowest BCUT2D eigenvalue weighted by atomic mass is 10.2. The molecule has 0 saturated heterocycles. The number of nitrogens with one attached hydrogen (secondary N) is 1. The molecule has 1 amide bonds. The molecule has 0 unspecified atom stereocenters. The van der Waals surface area contributed by atoms with Gasteiger partial charge in [0.1, 0.15) is 5.75 Å². The van der Waals surface area contributed by atoms with E-state index in [1.54, 1.807) is 12.1 Å². The Bertz CT molecular complexity index is 382. The van der Waals surface area contributed by atoms with Crippen molar-refractivity contribution in [3.8, 4) is 5.75 Å². The summed E-state index contributed by atoms with van der Waals surface area (Å²) < 4.78 is 5.46. The smallest absolute Gasteiger partial charge is 0.223 e. The van der Waals surface area contributed by atoms with Crippen LogP contribution in [0.2, 0.25) is 5.02 Å². The quantitative estimate of drug-likeness (QED) is 0.813. The van der Waals surface area contributed by atoms with Gasteiger partial charge in [-0.2, -0.15) is 0 Å². The van der Waals surface area contributed by atoms with Crippen LogP contribution in [-0.2, 0) is 4.79 Å². The summed E-state index contributed by atoms with van der Waals surface area (Å²) in [5, 5.41) is 11.7. The number of carbonyl (C=O) groups excluding carboxylic acids is 1. The van der Waals surface area contributed by atoms with Crippen LogP contribution in [0, 0.1) is 6.92 Å². The molecule has 0 bridgehead atoms. The van der Waals surface area contributed by atoms with Gasteiger partial charge >= 0.3 is 0 Å². The maximum atomic E-state index is 11.2. The average molecular weight is 258 g/mol. The van der Waals surface area contributed by atoms with Gasteiger partial charge in [0.05, 0.1) is 19.6 Å². The zero-order valence-corrected chi connectivity index (χ0v) is 10.5. The molecule has 1 aromatic rings. The molecule has 0 saturated carbocycles. The first-order valence-electron chi connectivity index (χ1n) is 5.40. The molecule has 0 aliphatic rings. The van der Waals surface area contributed by atoms with Crippen molar-refractivity contribution in [3.63, 3.8) is 0 Å². The molecule has 0 atom stereocenters. The van der Waals surface area contributed by atoms with Crippen molar-refractivity contribution in [1.82, 2.24) is 5.32 Å². The summed E-state index contributed by atoms with van der Waals surface area (Å²) in [7, 11) is 0. The highest BCUT2D eigenvalue weighted by Gasteiger charge is 2.03. The maximum Gasteiger partial charge on any atom is 0.223 e. The Kier molecular flexibility index (Phi) is 5.80. The van der Waals surface area contributed by atoms with E-state index in [9.17, 15) is 4.79 Å². The number of amides is 1. The van der Waals surface area contributed by atoms with E-state index in [0.717, 1.165) is 11.3 Å². The topological polar surface area (TPSA) is 58.6 Å². The second-order valence-electron chi connectivity index (χ2n) is 3.58. The molecule has 5 heteroatoms. The van der Waals surface area contributed by atoms with Gasteiger partial charge in [-0.05, 0) is 30.7 Å². The Morgan fingerprint density at radius 1 is 1.53 bits per heavy atom. The summed E-state index contributed by atoms with van der Waals surface area (Å²) in [5.41, 5.74) is 0.938. The van der Waals surface area contributed by atoms with Crippen LogP contribution in [0.1, 0.15) is 12.0 Å². The van der Waals surface area contributed by atoms with E-state index in [1.807, 2.05) is 13.0 Å². The Morgan fingerprint density at radius 3 is 2.94 bits per heavy atom.